The third-order valence-electron chi connectivity index (χ3n) is 7.20. The van der Waals surface area contributed by atoms with E-state index in [0.717, 1.165) is 61.1 Å². The molecule has 0 spiro atoms. The molecule has 2 atom stereocenters. The second-order valence-electron chi connectivity index (χ2n) is 9.48. The summed E-state index contributed by atoms with van der Waals surface area (Å²) in [6.07, 6.45) is 2.79. The minimum atomic E-state index is 0.112. The molecule has 3 aliphatic heterocycles. The van der Waals surface area contributed by atoms with Crippen LogP contribution < -0.4 is 24.6 Å². The van der Waals surface area contributed by atoms with Gasteiger partial charge >= 0.3 is 6.01 Å². The zero-order chi connectivity index (χ0) is 24.4. The van der Waals surface area contributed by atoms with Gasteiger partial charge in [0.1, 0.15) is 18.2 Å². The molecule has 0 bridgehead atoms. The van der Waals surface area contributed by atoms with Gasteiger partial charge in [-0.05, 0) is 38.6 Å². The Balaban J connectivity index is 1.44. The minimum Gasteiger partial charge on any atom is -0.497 e. The molecule has 9 nitrogen and oxygen atoms in total. The first-order valence-electron chi connectivity index (χ1n) is 12.2. The lowest BCUT2D eigenvalue weighted by molar-refractivity contribution is 0.187. The number of piperazine rings is 1. The average molecular weight is 498 g/mol. The van der Waals surface area contributed by atoms with Gasteiger partial charge in [-0.1, -0.05) is 11.6 Å². The average Bonchev–Trinajstić information content (AvgIpc) is 3.48. The van der Waals surface area contributed by atoms with E-state index in [0.29, 0.717) is 43.2 Å². The molecule has 3 aliphatic rings. The number of benzene rings is 1. The van der Waals surface area contributed by atoms with E-state index in [9.17, 15) is 5.26 Å². The summed E-state index contributed by atoms with van der Waals surface area (Å²) in [4.78, 5) is 16.6. The van der Waals surface area contributed by atoms with Crippen molar-refractivity contribution < 1.29 is 9.47 Å². The maximum atomic E-state index is 9.21. The van der Waals surface area contributed by atoms with Crippen LogP contribution in [0.5, 0.6) is 11.8 Å². The van der Waals surface area contributed by atoms with Crippen molar-refractivity contribution in [3.63, 3.8) is 0 Å². The van der Waals surface area contributed by atoms with E-state index in [1.165, 1.54) is 6.42 Å². The molecule has 5 rings (SSSR count). The van der Waals surface area contributed by atoms with Crippen molar-refractivity contribution in [3.8, 4) is 17.8 Å². The Bertz CT molecular complexity index is 1110. The Morgan fingerprint density at radius 3 is 2.89 bits per heavy atom. The molecule has 1 aromatic carbocycles. The molecule has 186 valence electrons. The van der Waals surface area contributed by atoms with E-state index in [-0.39, 0.29) is 6.04 Å². The molecule has 0 amide bonds. The summed E-state index contributed by atoms with van der Waals surface area (Å²) in [7, 11) is 3.80. The number of hydrogen-bond acceptors (Lipinski definition) is 9. The van der Waals surface area contributed by atoms with Gasteiger partial charge in [-0.25, -0.2) is 0 Å². The van der Waals surface area contributed by atoms with Crippen molar-refractivity contribution in [1.29, 1.82) is 5.26 Å². The van der Waals surface area contributed by atoms with Gasteiger partial charge in [-0.2, -0.15) is 15.2 Å². The second kappa shape index (κ2) is 10.4. The SMILES string of the molecule is COc1ccc(Cl)c(N2Cc3nc(OC[C@@H]4CCCN4C)nc(N4CCN[C@@H](CC#N)C4)c3C2)c1. The predicted octanol–water partition coefficient (Wildman–Crippen LogP) is 2.82. The molecule has 1 N–H and O–H groups in total. The van der Waals surface area contributed by atoms with Crippen LogP contribution in [0.25, 0.3) is 0 Å². The fraction of sp³-hybridized carbons (Fsp3) is 0.560. The lowest BCUT2D eigenvalue weighted by Gasteiger charge is -2.34. The molecule has 0 radical (unpaired) electrons. The lowest BCUT2D eigenvalue weighted by Crippen LogP contribution is -2.51. The number of methoxy groups -OCH3 is 1. The van der Waals surface area contributed by atoms with E-state index in [1.807, 2.05) is 18.2 Å². The van der Waals surface area contributed by atoms with E-state index in [2.05, 4.69) is 33.1 Å². The van der Waals surface area contributed by atoms with Gasteiger partial charge in [-0.15, -0.1) is 0 Å². The van der Waals surface area contributed by atoms with Gasteiger partial charge in [0.15, 0.2) is 0 Å². The third kappa shape index (κ3) is 5.10. The topological polar surface area (TPSA) is 89.8 Å². The number of anilines is 2. The summed E-state index contributed by atoms with van der Waals surface area (Å²) in [5.41, 5.74) is 2.96. The Morgan fingerprint density at radius 1 is 1.23 bits per heavy atom. The molecule has 0 unspecified atom stereocenters. The van der Waals surface area contributed by atoms with Crippen LogP contribution in [0.15, 0.2) is 18.2 Å². The molecule has 2 fully saturated rings. The fourth-order valence-corrected chi connectivity index (χ4v) is 5.44. The predicted molar refractivity (Wildman–Crippen MR) is 135 cm³/mol. The summed E-state index contributed by atoms with van der Waals surface area (Å²) >= 11 is 6.57. The van der Waals surface area contributed by atoms with Crippen molar-refractivity contribution in [2.75, 3.05) is 56.7 Å². The standard InChI is InChI=1S/C25H32ClN7O2/c1-31-10-3-4-18(31)16-35-25-29-22-15-33(23-12-19(34-2)5-6-21(23)26)14-20(22)24(30-25)32-11-9-28-17(13-32)7-8-27/h5-6,12,17-18,28H,3-4,7,9-11,13-16H2,1-2H3/t17-,18-/m0/s1. The quantitative estimate of drug-likeness (QED) is 0.620. The maximum absolute atomic E-state index is 9.21. The van der Waals surface area contributed by atoms with Gasteiger partial charge in [0, 0.05) is 49.9 Å². The summed E-state index contributed by atoms with van der Waals surface area (Å²) in [6, 6.07) is 8.90. The first-order valence-corrected chi connectivity index (χ1v) is 12.6. The number of likely N-dealkylation sites (tertiary alicyclic amines) is 1. The zero-order valence-corrected chi connectivity index (χ0v) is 21.1. The van der Waals surface area contributed by atoms with Gasteiger partial charge in [0.25, 0.3) is 0 Å². The molecule has 10 heteroatoms. The molecule has 0 saturated carbocycles. The molecule has 0 aliphatic carbocycles. The van der Waals surface area contributed by atoms with Gasteiger partial charge in [0.05, 0.1) is 42.5 Å². The molecular formula is C25H32ClN7O2. The Labute approximate surface area is 211 Å². The van der Waals surface area contributed by atoms with Crippen LogP contribution >= 0.6 is 11.6 Å². The largest absolute Gasteiger partial charge is 0.497 e. The highest BCUT2D eigenvalue weighted by molar-refractivity contribution is 6.33. The Hall–Kier alpha value is -2.80. The number of likely N-dealkylation sites (N-methyl/N-ethyl adjacent to an activating group) is 1. The van der Waals surface area contributed by atoms with Crippen LogP contribution in [-0.2, 0) is 13.1 Å². The number of rotatable bonds is 7. The van der Waals surface area contributed by atoms with E-state index >= 15 is 0 Å². The summed E-state index contributed by atoms with van der Waals surface area (Å²) in [5.74, 6) is 1.66. The van der Waals surface area contributed by atoms with Gasteiger partial charge < -0.3 is 29.5 Å². The van der Waals surface area contributed by atoms with Crippen molar-refractivity contribution in [3.05, 3.63) is 34.5 Å². The molecule has 2 aromatic rings. The highest BCUT2D eigenvalue weighted by Gasteiger charge is 2.32. The van der Waals surface area contributed by atoms with Gasteiger partial charge in [0.2, 0.25) is 0 Å². The Morgan fingerprint density at radius 2 is 2.11 bits per heavy atom. The number of nitriles is 1. The van der Waals surface area contributed by atoms with Crippen molar-refractivity contribution in [2.24, 2.45) is 0 Å². The summed E-state index contributed by atoms with van der Waals surface area (Å²) in [5, 5.41) is 13.3. The third-order valence-corrected chi connectivity index (χ3v) is 7.52. The minimum absolute atomic E-state index is 0.112. The summed E-state index contributed by atoms with van der Waals surface area (Å²) < 4.78 is 11.6. The number of hydrogen-bond donors (Lipinski definition) is 1. The summed E-state index contributed by atoms with van der Waals surface area (Å²) in [6.45, 7) is 5.29. The van der Waals surface area contributed by atoms with E-state index in [1.54, 1.807) is 7.11 Å². The Kier molecular flexibility index (Phi) is 7.14. The van der Waals surface area contributed by atoms with Crippen LogP contribution in [-0.4, -0.2) is 73.9 Å². The molecule has 1 aromatic heterocycles. The number of halogens is 1. The number of nitrogens with zero attached hydrogens (tertiary/aromatic N) is 6. The number of fused-ring (bicyclic) bond motifs is 1. The normalized spacial score (nSPS) is 22.2. The highest BCUT2D eigenvalue weighted by atomic mass is 35.5. The van der Waals surface area contributed by atoms with Crippen LogP contribution in [0.3, 0.4) is 0 Å². The smallest absolute Gasteiger partial charge is 0.318 e. The molecule has 35 heavy (non-hydrogen) atoms. The van der Waals surface area contributed by atoms with E-state index in [4.69, 9.17) is 31.0 Å². The van der Waals surface area contributed by atoms with E-state index < -0.39 is 0 Å². The van der Waals surface area contributed by atoms with Crippen molar-refractivity contribution >= 4 is 23.1 Å². The first kappa shape index (κ1) is 23.9. The number of aromatic nitrogens is 2. The van der Waals surface area contributed by atoms with Crippen molar-refractivity contribution in [1.82, 2.24) is 20.2 Å². The number of nitrogens with one attached hydrogen (secondary N) is 1. The maximum Gasteiger partial charge on any atom is 0.318 e. The second-order valence-corrected chi connectivity index (χ2v) is 9.88. The fourth-order valence-electron chi connectivity index (χ4n) is 5.20. The van der Waals surface area contributed by atoms with Crippen molar-refractivity contribution in [2.45, 2.75) is 44.4 Å². The highest BCUT2D eigenvalue weighted by Crippen LogP contribution is 2.38. The van der Waals surface area contributed by atoms with Gasteiger partial charge in [-0.3, -0.25) is 0 Å². The molecule has 4 heterocycles. The first-order chi connectivity index (χ1) is 17.1. The number of ether oxygens (including phenoxy) is 2. The monoisotopic (exact) mass is 497 g/mol. The zero-order valence-electron chi connectivity index (χ0n) is 20.3. The molecular weight excluding hydrogens is 466 g/mol. The lowest BCUT2D eigenvalue weighted by atomic mass is 10.1. The van der Waals surface area contributed by atoms with Crippen LogP contribution in [0.2, 0.25) is 5.02 Å². The molecule has 2 saturated heterocycles. The van der Waals surface area contributed by atoms with Crippen LogP contribution in [0, 0.1) is 11.3 Å². The van der Waals surface area contributed by atoms with Crippen LogP contribution in [0.1, 0.15) is 30.5 Å². The van der Waals surface area contributed by atoms with Crippen LogP contribution in [0.4, 0.5) is 11.5 Å².